The molecule has 0 aliphatic rings. The smallest absolute Gasteiger partial charge is 0.331 e. The molecule has 5 nitrogen and oxygen atoms in total. The Morgan fingerprint density at radius 1 is 1.32 bits per heavy atom. The summed E-state index contributed by atoms with van der Waals surface area (Å²) in [6.07, 6.45) is -1.20. The Balaban J connectivity index is 2.99. The van der Waals surface area contributed by atoms with Gasteiger partial charge in [-0.2, -0.15) is 0 Å². The standard InChI is InChI=1S/C16H22ClNO4/c1-4-22-14(20)12(18-15(21)16(2,3)10-17)13(19)11-8-6-5-7-9-11/h5-9,12-13,19H,4,10H2,1-3H3,(H,18,21). The van der Waals surface area contributed by atoms with Gasteiger partial charge in [-0.05, 0) is 26.3 Å². The number of hydrogen-bond acceptors (Lipinski definition) is 4. The summed E-state index contributed by atoms with van der Waals surface area (Å²) in [5, 5.41) is 13.0. The minimum Gasteiger partial charge on any atom is -0.464 e. The van der Waals surface area contributed by atoms with Crippen LogP contribution in [0.3, 0.4) is 0 Å². The zero-order chi connectivity index (χ0) is 16.8. The molecule has 0 saturated heterocycles. The predicted molar refractivity (Wildman–Crippen MR) is 84.5 cm³/mol. The SMILES string of the molecule is CCOC(=O)C(NC(=O)C(C)(C)CCl)C(O)c1ccccc1. The molecule has 2 N–H and O–H groups in total. The molecule has 0 aromatic heterocycles. The summed E-state index contributed by atoms with van der Waals surface area (Å²) in [5.41, 5.74) is -0.340. The number of ether oxygens (including phenoxy) is 1. The van der Waals surface area contributed by atoms with Gasteiger partial charge in [-0.15, -0.1) is 11.6 Å². The van der Waals surface area contributed by atoms with Gasteiger partial charge in [-0.3, -0.25) is 4.79 Å². The van der Waals surface area contributed by atoms with Crippen LogP contribution >= 0.6 is 11.6 Å². The highest BCUT2D eigenvalue weighted by molar-refractivity contribution is 6.19. The molecule has 0 spiro atoms. The molecule has 2 atom stereocenters. The van der Waals surface area contributed by atoms with E-state index in [4.69, 9.17) is 16.3 Å². The lowest BCUT2D eigenvalue weighted by molar-refractivity contribution is -0.152. The molecule has 2 unspecified atom stereocenters. The molecule has 0 saturated carbocycles. The molecule has 0 aliphatic carbocycles. The summed E-state index contributed by atoms with van der Waals surface area (Å²) in [4.78, 5) is 24.3. The van der Waals surface area contributed by atoms with Crippen LogP contribution in [0.1, 0.15) is 32.4 Å². The molecule has 0 radical (unpaired) electrons. The first-order valence-corrected chi connectivity index (χ1v) is 7.63. The number of aliphatic hydroxyl groups is 1. The van der Waals surface area contributed by atoms with E-state index in [1.807, 2.05) is 0 Å². The second kappa shape index (κ2) is 8.15. The van der Waals surface area contributed by atoms with Crippen LogP contribution in [-0.2, 0) is 14.3 Å². The van der Waals surface area contributed by atoms with Gasteiger partial charge in [0, 0.05) is 5.88 Å². The summed E-state index contributed by atoms with van der Waals surface area (Å²) in [5.74, 6) is -1.01. The summed E-state index contributed by atoms with van der Waals surface area (Å²) in [6, 6.07) is 7.45. The maximum Gasteiger partial charge on any atom is 0.331 e. The van der Waals surface area contributed by atoms with E-state index in [0.717, 1.165) is 0 Å². The number of nitrogens with one attached hydrogen (secondary N) is 1. The van der Waals surface area contributed by atoms with Crippen molar-refractivity contribution >= 4 is 23.5 Å². The topological polar surface area (TPSA) is 75.6 Å². The van der Waals surface area contributed by atoms with Gasteiger partial charge >= 0.3 is 5.97 Å². The Bertz CT molecular complexity index is 504. The fourth-order valence-corrected chi connectivity index (χ4v) is 1.86. The lowest BCUT2D eigenvalue weighted by Crippen LogP contribution is -2.50. The maximum absolute atomic E-state index is 12.2. The van der Waals surface area contributed by atoms with E-state index >= 15 is 0 Å². The van der Waals surface area contributed by atoms with Gasteiger partial charge in [-0.1, -0.05) is 30.3 Å². The van der Waals surface area contributed by atoms with Gasteiger partial charge < -0.3 is 15.2 Å². The minimum absolute atomic E-state index is 0.0931. The number of hydrogen-bond donors (Lipinski definition) is 2. The van der Waals surface area contributed by atoms with Crippen molar-refractivity contribution in [1.82, 2.24) is 5.32 Å². The second-order valence-corrected chi connectivity index (χ2v) is 5.84. The van der Waals surface area contributed by atoms with Gasteiger partial charge in [0.25, 0.3) is 0 Å². The number of carbonyl (C=O) groups is 2. The monoisotopic (exact) mass is 327 g/mol. The molecular formula is C16H22ClNO4. The summed E-state index contributed by atoms with van der Waals surface area (Å²) >= 11 is 5.77. The van der Waals surface area contributed by atoms with E-state index in [0.29, 0.717) is 5.56 Å². The molecule has 0 aliphatic heterocycles. The zero-order valence-electron chi connectivity index (χ0n) is 13.0. The summed E-state index contributed by atoms with van der Waals surface area (Å²) in [7, 11) is 0. The maximum atomic E-state index is 12.2. The van der Waals surface area contributed by atoms with Crippen LogP contribution in [0.25, 0.3) is 0 Å². The van der Waals surface area contributed by atoms with Crippen LogP contribution in [0.2, 0.25) is 0 Å². The Morgan fingerprint density at radius 2 is 1.91 bits per heavy atom. The lowest BCUT2D eigenvalue weighted by Gasteiger charge is -2.27. The number of esters is 1. The minimum atomic E-state index is -1.20. The normalized spacial score (nSPS) is 14.0. The third kappa shape index (κ3) is 4.71. The van der Waals surface area contributed by atoms with Crippen molar-refractivity contribution in [2.24, 2.45) is 5.41 Å². The highest BCUT2D eigenvalue weighted by Crippen LogP contribution is 2.21. The molecule has 6 heteroatoms. The fourth-order valence-electron chi connectivity index (χ4n) is 1.74. The fraction of sp³-hybridized carbons (Fsp3) is 0.500. The number of halogens is 1. The Morgan fingerprint density at radius 3 is 2.41 bits per heavy atom. The average molecular weight is 328 g/mol. The molecule has 1 aromatic carbocycles. The molecule has 122 valence electrons. The van der Waals surface area contributed by atoms with Crippen molar-refractivity contribution in [2.45, 2.75) is 32.9 Å². The largest absolute Gasteiger partial charge is 0.464 e. The molecule has 0 heterocycles. The highest BCUT2D eigenvalue weighted by Gasteiger charge is 2.35. The number of carbonyl (C=O) groups excluding carboxylic acids is 2. The molecule has 0 bridgehead atoms. The van der Waals surface area contributed by atoms with Crippen LogP contribution in [0.15, 0.2) is 30.3 Å². The number of benzene rings is 1. The van der Waals surface area contributed by atoms with Gasteiger partial charge in [0.05, 0.1) is 12.0 Å². The first-order valence-electron chi connectivity index (χ1n) is 7.10. The van der Waals surface area contributed by atoms with E-state index in [1.165, 1.54) is 0 Å². The summed E-state index contributed by atoms with van der Waals surface area (Å²) < 4.78 is 4.95. The van der Waals surface area contributed by atoms with Crippen molar-refractivity contribution < 1.29 is 19.4 Å². The van der Waals surface area contributed by atoms with Gasteiger partial charge in [0.15, 0.2) is 6.04 Å². The van der Waals surface area contributed by atoms with Gasteiger partial charge in [-0.25, -0.2) is 4.79 Å². The van der Waals surface area contributed by atoms with Crippen LogP contribution in [0, 0.1) is 5.41 Å². The van der Waals surface area contributed by atoms with E-state index in [2.05, 4.69) is 5.32 Å². The molecule has 22 heavy (non-hydrogen) atoms. The van der Waals surface area contributed by atoms with Crippen LogP contribution < -0.4 is 5.32 Å². The third-order valence-electron chi connectivity index (χ3n) is 3.23. The van der Waals surface area contributed by atoms with Gasteiger partial charge in [0.1, 0.15) is 6.10 Å². The first kappa shape index (κ1) is 18.5. The Hall–Kier alpha value is -1.59. The van der Waals surface area contributed by atoms with E-state index in [9.17, 15) is 14.7 Å². The van der Waals surface area contributed by atoms with Crippen molar-refractivity contribution in [3.63, 3.8) is 0 Å². The number of rotatable bonds is 7. The Kier molecular flexibility index (Phi) is 6.84. The molecule has 1 aromatic rings. The average Bonchev–Trinajstić information content (AvgIpc) is 2.52. The van der Waals surface area contributed by atoms with Crippen LogP contribution in [0.4, 0.5) is 0 Å². The number of aliphatic hydroxyl groups excluding tert-OH is 1. The molecular weight excluding hydrogens is 306 g/mol. The van der Waals surface area contributed by atoms with Crippen molar-refractivity contribution in [3.05, 3.63) is 35.9 Å². The van der Waals surface area contributed by atoms with Crippen molar-refractivity contribution in [3.8, 4) is 0 Å². The summed E-state index contributed by atoms with van der Waals surface area (Å²) in [6.45, 7) is 5.14. The lowest BCUT2D eigenvalue weighted by atomic mass is 9.93. The van der Waals surface area contributed by atoms with Crippen molar-refractivity contribution in [1.29, 1.82) is 0 Å². The van der Waals surface area contributed by atoms with E-state index < -0.39 is 29.4 Å². The van der Waals surface area contributed by atoms with Crippen LogP contribution in [-0.4, -0.2) is 35.5 Å². The third-order valence-corrected chi connectivity index (χ3v) is 3.90. The van der Waals surface area contributed by atoms with Crippen LogP contribution in [0.5, 0.6) is 0 Å². The highest BCUT2D eigenvalue weighted by atomic mass is 35.5. The van der Waals surface area contributed by atoms with Gasteiger partial charge in [0.2, 0.25) is 5.91 Å². The quantitative estimate of drug-likeness (QED) is 0.593. The number of alkyl halides is 1. The second-order valence-electron chi connectivity index (χ2n) is 5.58. The number of amides is 1. The predicted octanol–water partition coefficient (Wildman–Crippen LogP) is 2.03. The van der Waals surface area contributed by atoms with E-state index in [-0.39, 0.29) is 12.5 Å². The Labute approximate surface area is 135 Å². The van der Waals surface area contributed by atoms with E-state index in [1.54, 1.807) is 51.1 Å². The van der Waals surface area contributed by atoms with Crippen molar-refractivity contribution in [2.75, 3.05) is 12.5 Å². The molecule has 1 amide bonds. The first-order chi connectivity index (χ1) is 10.3. The zero-order valence-corrected chi connectivity index (χ0v) is 13.8. The molecule has 0 fully saturated rings. The molecule has 1 rings (SSSR count).